The van der Waals surface area contributed by atoms with Crippen LogP contribution in [0.3, 0.4) is 0 Å². The molecule has 3 N–H and O–H groups in total. The lowest BCUT2D eigenvalue weighted by molar-refractivity contribution is 0.136. The second-order valence-corrected chi connectivity index (χ2v) is 4.74. The van der Waals surface area contributed by atoms with E-state index >= 15 is 0 Å². The number of imidazole rings is 1. The van der Waals surface area contributed by atoms with E-state index in [9.17, 15) is 5.11 Å². The van der Waals surface area contributed by atoms with E-state index in [0.717, 1.165) is 29.4 Å². The molecule has 1 aromatic heterocycles. The number of aliphatic hydroxyl groups is 1. The lowest BCUT2D eigenvalue weighted by Crippen LogP contribution is -2.30. The lowest BCUT2D eigenvalue weighted by Gasteiger charge is -2.17. The smallest absolute Gasteiger partial charge is 0.0970 e. The predicted molar refractivity (Wildman–Crippen MR) is 61.8 cm³/mol. The molecule has 1 atom stereocenters. The maximum atomic E-state index is 10.1. The first kappa shape index (κ1) is 9.81. The number of rotatable bonds is 2. The molecule has 1 unspecified atom stereocenters. The summed E-state index contributed by atoms with van der Waals surface area (Å²) in [4.78, 5) is 4.27. The number of nitrogens with two attached hydrogens (primary N) is 1. The normalized spacial score (nSPS) is 19.9. The van der Waals surface area contributed by atoms with Crippen molar-refractivity contribution in [1.82, 2.24) is 9.55 Å². The van der Waals surface area contributed by atoms with Crippen LogP contribution in [0.4, 0.5) is 0 Å². The maximum Gasteiger partial charge on any atom is 0.0970 e. The van der Waals surface area contributed by atoms with Crippen molar-refractivity contribution in [3.8, 4) is 0 Å². The average Bonchev–Trinajstić information content (AvgIpc) is 2.94. The highest BCUT2D eigenvalue weighted by molar-refractivity contribution is 5.76. The van der Waals surface area contributed by atoms with Crippen LogP contribution in [-0.4, -0.2) is 20.2 Å². The van der Waals surface area contributed by atoms with E-state index in [1.54, 1.807) is 6.33 Å². The van der Waals surface area contributed by atoms with Crippen LogP contribution in [0.1, 0.15) is 24.5 Å². The Kier molecular flexibility index (Phi) is 1.87. The summed E-state index contributed by atoms with van der Waals surface area (Å²) in [5.41, 5.74) is 8.44. The van der Waals surface area contributed by atoms with Crippen molar-refractivity contribution < 1.29 is 5.11 Å². The third-order valence-corrected chi connectivity index (χ3v) is 3.44. The molecule has 0 amide bonds. The zero-order chi connectivity index (χ0) is 11.3. The van der Waals surface area contributed by atoms with Gasteiger partial charge in [-0.15, -0.1) is 0 Å². The molecule has 2 aromatic rings. The van der Waals surface area contributed by atoms with E-state index < -0.39 is 11.6 Å². The Morgan fingerprint density at radius 1 is 1.50 bits per heavy atom. The van der Waals surface area contributed by atoms with Crippen LogP contribution >= 0.6 is 0 Å². The van der Waals surface area contributed by atoms with E-state index in [4.69, 9.17) is 5.73 Å². The molecule has 1 fully saturated rings. The third kappa shape index (κ3) is 1.34. The standard InChI is InChI=1S/C12H15N3O/c1-15-7-14-9-6-8(2-3-10(9)15)11(16)12(13)4-5-12/h2-3,6-7,11,16H,4-5,13H2,1H3. The zero-order valence-corrected chi connectivity index (χ0v) is 9.22. The SMILES string of the molecule is Cn1cnc2cc(C(O)C3(N)CC3)ccc21. The molecule has 1 heterocycles. The Bertz CT molecular complexity index is 542. The monoisotopic (exact) mass is 217 g/mol. The zero-order valence-electron chi connectivity index (χ0n) is 9.22. The van der Waals surface area contributed by atoms with Crippen molar-refractivity contribution in [2.45, 2.75) is 24.5 Å². The highest BCUT2D eigenvalue weighted by Crippen LogP contribution is 2.43. The van der Waals surface area contributed by atoms with Gasteiger partial charge in [0, 0.05) is 12.6 Å². The number of aryl methyl sites for hydroxylation is 1. The summed E-state index contributed by atoms with van der Waals surface area (Å²) in [6, 6.07) is 5.83. The predicted octanol–water partition coefficient (Wildman–Crippen LogP) is 1.10. The van der Waals surface area contributed by atoms with Crippen molar-refractivity contribution in [2.24, 2.45) is 12.8 Å². The Hall–Kier alpha value is -1.39. The number of aliphatic hydroxyl groups excluding tert-OH is 1. The summed E-state index contributed by atoms with van der Waals surface area (Å²) in [5.74, 6) is 0. The van der Waals surface area contributed by atoms with E-state index in [0.29, 0.717) is 0 Å². The van der Waals surface area contributed by atoms with Gasteiger partial charge in [-0.2, -0.15) is 0 Å². The molecule has 4 nitrogen and oxygen atoms in total. The van der Waals surface area contributed by atoms with E-state index in [1.165, 1.54) is 0 Å². The largest absolute Gasteiger partial charge is 0.386 e. The van der Waals surface area contributed by atoms with E-state index in [1.807, 2.05) is 29.8 Å². The summed E-state index contributed by atoms with van der Waals surface area (Å²) >= 11 is 0. The summed E-state index contributed by atoms with van der Waals surface area (Å²) in [5, 5.41) is 10.1. The first-order chi connectivity index (χ1) is 7.60. The molecule has 4 heteroatoms. The van der Waals surface area contributed by atoms with Gasteiger partial charge in [0.25, 0.3) is 0 Å². The van der Waals surface area contributed by atoms with Crippen LogP contribution < -0.4 is 5.73 Å². The minimum absolute atomic E-state index is 0.400. The number of benzene rings is 1. The van der Waals surface area contributed by atoms with Gasteiger partial charge in [-0.05, 0) is 30.5 Å². The Balaban J connectivity index is 2.05. The maximum absolute atomic E-state index is 10.1. The van der Waals surface area contributed by atoms with Crippen LogP contribution in [0.2, 0.25) is 0 Å². The molecular formula is C12H15N3O. The molecule has 16 heavy (non-hydrogen) atoms. The van der Waals surface area contributed by atoms with Gasteiger partial charge < -0.3 is 15.4 Å². The van der Waals surface area contributed by atoms with Crippen molar-refractivity contribution in [3.05, 3.63) is 30.1 Å². The summed E-state index contributed by atoms with van der Waals surface area (Å²) in [7, 11) is 1.96. The Morgan fingerprint density at radius 3 is 2.94 bits per heavy atom. The number of fused-ring (bicyclic) bond motifs is 1. The van der Waals surface area contributed by atoms with E-state index in [-0.39, 0.29) is 0 Å². The molecule has 1 aromatic carbocycles. The third-order valence-electron chi connectivity index (χ3n) is 3.44. The number of aromatic nitrogens is 2. The van der Waals surface area contributed by atoms with Gasteiger partial charge in [0.05, 0.1) is 23.5 Å². The molecule has 1 aliphatic rings. The summed E-state index contributed by atoms with van der Waals surface area (Å²) in [6.07, 6.45) is 3.00. The molecule has 1 aliphatic carbocycles. The van der Waals surface area contributed by atoms with Gasteiger partial charge in [-0.1, -0.05) is 6.07 Å². The lowest BCUT2D eigenvalue weighted by atomic mass is 10.0. The summed E-state index contributed by atoms with van der Waals surface area (Å²) in [6.45, 7) is 0. The first-order valence-electron chi connectivity index (χ1n) is 5.48. The highest BCUT2D eigenvalue weighted by Gasteiger charge is 2.45. The fourth-order valence-electron chi connectivity index (χ4n) is 2.07. The molecule has 0 saturated heterocycles. The fraction of sp³-hybridized carbons (Fsp3) is 0.417. The van der Waals surface area contributed by atoms with Gasteiger partial charge in [0.2, 0.25) is 0 Å². The fourth-order valence-corrected chi connectivity index (χ4v) is 2.07. The molecule has 84 valence electrons. The minimum atomic E-state index is -0.570. The van der Waals surface area contributed by atoms with Gasteiger partial charge in [-0.3, -0.25) is 0 Å². The Morgan fingerprint density at radius 2 is 2.25 bits per heavy atom. The quantitative estimate of drug-likeness (QED) is 0.791. The highest BCUT2D eigenvalue weighted by atomic mass is 16.3. The molecule has 0 aliphatic heterocycles. The second-order valence-electron chi connectivity index (χ2n) is 4.74. The second kappa shape index (κ2) is 3.06. The van der Waals surface area contributed by atoms with Crippen LogP contribution in [0.5, 0.6) is 0 Å². The van der Waals surface area contributed by atoms with E-state index in [2.05, 4.69) is 4.98 Å². The topological polar surface area (TPSA) is 64.1 Å². The van der Waals surface area contributed by atoms with Crippen LogP contribution in [0.15, 0.2) is 24.5 Å². The molecule has 0 bridgehead atoms. The Labute approximate surface area is 93.7 Å². The van der Waals surface area contributed by atoms with Crippen molar-refractivity contribution >= 4 is 11.0 Å². The first-order valence-corrected chi connectivity index (χ1v) is 5.48. The minimum Gasteiger partial charge on any atom is -0.386 e. The number of hydrogen-bond donors (Lipinski definition) is 2. The number of hydrogen-bond acceptors (Lipinski definition) is 3. The van der Waals surface area contributed by atoms with Crippen molar-refractivity contribution in [2.75, 3.05) is 0 Å². The van der Waals surface area contributed by atoms with Gasteiger partial charge >= 0.3 is 0 Å². The van der Waals surface area contributed by atoms with Gasteiger partial charge in [-0.25, -0.2) is 4.98 Å². The molecular weight excluding hydrogens is 202 g/mol. The van der Waals surface area contributed by atoms with Crippen molar-refractivity contribution in [3.63, 3.8) is 0 Å². The van der Waals surface area contributed by atoms with Gasteiger partial charge in [0.15, 0.2) is 0 Å². The van der Waals surface area contributed by atoms with Crippen LogP contribution in [0.25, 0.3) is 11.0 Å². The van der Waals surface area contributed by atoms with Gasteiger partial charge in [0.1, 0.15) is 0 Å². The molecule has 0 radical (unpaired) electrons. The number of nitrogens with zero attached hydrogens (tertiary/aromatic N) is 2. The summed E-state index contributed by atoms with van der Waals surface area (Å²) < 4.78 is 1.96. The van der Waals surface area contributed by atoms with Crippen LogP contribution in [-0.2, 0) is 7.05 Å². The molecule has 0 spiro atoms. The average molecular weight is 217 g/mol. The van der Waals surface area contributed by atoms with Crippen LogP contribution in [0, 0.1) is 0 Å². The molecule has 3 rings (SSSR count). The van der Waals surface area contributed by atoms with Crippen molar-refractivity contribution in [1.29, 1.82) is 0 Å². The molecule has 1 saturated carbocycles.